The van der Waals surface area contributed by atoms with Crippen molar-refractivity contribution in [3.8, 4) is 0 Å². The first-order valence-electron chi connectivity index (χ1n) is 9.44. The molecule has 1 N–H and O–H groups in total. The summed E-state index contributed by atoms with van der Waals surface area (Å²) in [6, 6.07) is 11.1. The van der Waals surface area contributed by atoms with Crippen molar-refractivity contribution in [2.75, 3.05) is 30.5 Å². The van der Waals surface area contributed by atoms with Crippen LogP contribution in [0.15, 0.2) is 48.8 Å². The van der Waals surface area contributed by atoms with Gasteiger partial charge in [-0.25, -0.2) is 4.79 Å². The maximum atomic E-state index is 12.8. The molecule has 2 aromatic rings. The van der Waals surface area contributed by atoms with Crippen LogP contribution >= 0.6 is 0 Å². The molecule has 3 amide bonds. The zero-order valence-electron chi connectivity index (χ0n) is 16.3. The van der Waals surface area contributed by atoms with E-state index in [9.17, 15) is 9.59 Å². The number of pyridine rings is 1. The summed E-state index contributed by atoms with van der Waals surface area (Å²) in [5, 5.41) is 2.94. The third kappa shape index (κ3) is 4.86. The van der Waals surface area contributed by atoms with Crippen LogP contribution in [0.2, 0.25) is 0 Å². The molecular weight excluding hydrogens is 356 g/mol. The van der Waals surface area contributed by atoms with Gasteiger partial charge in [-0.15, -0.1) is 0 Å². The van der Waals surface area contributed by atoms with E-state index in [-0.39, 0.29) is 18.0 Å². The maximum Gasteiger partial charge on any atom is 0.322 e. The number of amides is 3. The maximum absolute atomic E-state index is 12.8. The fraction of sp³-hybridized carbons (Fsp3) is 0.381. The number of nitrogens with one attached hydrogen (secondary N) is 1. The Hall–Kier alpha value is -2.93. The van der Waals surface area contributed by atoms with E-state index in [1.54, 1.807) is 29.3 Å². The van der Waals surface area contributed by atoms with Crippen molar-refractivity contribution in [2.45, 2.75) is 32.4 Å². The summed E-state index contributed by atoms with van der Waals surface area (Å²) < 4.78 is 5.14. The zero-order valence-corrected chi connectivity index (χ0v) is 16.3. The zero-order chi connectivity index (χ0) is 19.9. The van der Waals surface area contributed by atoms with E-state index in [2.05, 4.69) is 10.3 Å². The number of carbonyl (C=O) groups is 2. The summed E-state index contributed by atoms with van der Waals surface area (Å²) in [6.45, 7) is 3.37. The Kier molecular flexibility index (Phi) is 6.60. The van der Waals surface area contributed by atoms with Gasteiger partial charge in [0.05, 0.1) is 6.61 Å². The Bertz CT molecular complexity index is 812. The summed E-state index contributed by atoms with van der Waals surface area (Å²) in [6.07, 6.45) is 4.86. The summed E-state index contributed by atoms with van der Waals surface area (Å²) in [5.41, 5.74) is 2.41. The smallest absolute Gasteiger partial charge is 0.322 e. The second-order valence-corrected chi connectivity index (χ2v) is 6.91. The van der Waals surface area contributed by atoms with Gasteiger partial charge in [-0.05, 0) is 43.2 Å². The van der Waals surface area contributed by atoms with Crippen LogP contribution in [0.4, 0.5) is 16.2 Å². The average molecular weight is 382 g/mol. The van der Waals surface area contributed by atoms with Crippen LogP contribution in [0, 0.1) is 0 Å². The molecule has 1 aliphatic rings. The van der Waals surface area contributed by atoms with Crippen molar-refractivity contribution in [1.29, 1.82) is 0 Å². The largest absolute Gasteiger partial charge is 0.383 e. The van der Waals surface area contributed by atoms with Crippen molar-refractivity contribution < 1.29 is 14.3 Å². The van der Waals surface area contributed by atoms with Gasteiger partial charge in [0.15, 0.2) is 0 Å². The van der Waals surface area contributed by atoms with E-state index in [0.29, 0.717) is 31.8 Å². The normalized spacial score (nSPS) is 16.3. The minimum absolute atomic E-state index is 0.120. The van der Waals surface area contributed by atoms with E-state index < -0.39 is 0 Å². The monoisotopic (exact) mass is 382 g/mol. The number of carbonyl (C=O) groups excluding carboxylic acids is 2. The highest BCUT2D eigenvalue weighted by molar-refractivity contribution is 5.97. The number of hydrogen-bond donors (Lipinski definition) is 1. The fourth-order valence-corrected chi connectivity index (χ4v) is 3.33. The number of ether oxygens (including phenoxy) is 1. The van der Waals surface area contributed by atoms with Gasteiger partial charge in [-0.2, -0.15) is 0 Å². The molecule has 0 bridgehead atoms. The second-order valence-electron chi connectivity index (χ2n) is 6.91. The Morgan fingerprint density at radius 2 is 2.21 bits per heavy atom. The van der Waals surface area contributed by atoms with Gasteiger partial charge in [0, 0.05) is 56.4 Å². The number of rotatable bonds is 7. The van der Waals surface area contributed by atoms with Crippen LogP contribution in [0.5, 0.6) is 0 Å². The Morgan fingerprint density at radius 1 is 1.36 bits per heavy atom. The van der Waals surface area contributed by atoms with Crippen LogP contribution in [-0.2, 0) is 16.1 Å². The summed E-state index contributed by atoms with van der Waals surface area (Å²) in [4.78, 5) is 32.6. The van der Waals surface area contributed by atoms with Gasteiger partial charge in [-0.3, -0.25) is 9.78 Å². The lowest BCUT2D eigenvalue weighted by molar-refractivity contribution is -0.117. The van der Waals surface area contributed by atoms with Crippen molar-refractivity contribution in [2.24, 2.45) is 0 Å². The molecule has 2 heterocycles. The molecule has 0 spiro atoms. The topological polar surface area (TPSA) is 74.8 Å². The molecule has 1 aliphatic heterocycles. The third-order valence-corrected chi connectivity index (χ3v) is 4.81. The number of anilines is 2. The van der Waals surface area contributed by atoms with Crippen LogP contribution in [0.1, 0.15) is 25.3 Å². The number of nitrogens with zero attached hydrogens (tertiary/aromatic N) is 3. The summed E-state index contributed by atoms with van der Waals surface area (Å²) >= 11 is 0. The van der Waals surface area contributed by atoms with E-state index >= 15 is 0 Å². The quantitative estimate of drug-likeness (QED) is 0.797. The van der Waals surface area contributed by atoms with Crippen molar-refractivity contribution in [1.82, 2.24) is 9.88 Å². The van der Waals surface area contributed by atoms with E-state index in [4.69, 9.17) is 4.74 Å². The molecule has 3 rings (SSSR count). The van der Waals surface area contributed by atoms with Gasteiger partial charge in [0.25, 0.3) is 0 Å². The average Bonchev–Trinajstić information content (AvgIpc) is 3.04. The third-order valence-electron chi connectivity index (χ3n) is 4.81. The lowest BCUT2D eigenvalue weighted by Gasteiger charge is -2.24. The van der Waals surface area contributed by atoms with Crippen molar-refractivity contribution >= 4 is 23.3 Å². The van der Waals surface area contributed by atoms with E-state index in [1.165, 1.54) is 0 Å². The fourth-order valence-electron chi connectivity index (χ4n) is 3.33. The Balaban J connectivity index is 1.72. The molecule has 7 heteroatoms. The molecule has 1 fully saturated rings. The van der Waals surface area contributed by atoms with Crippen LogP contribution in [0.25, 0.3) is 0 Å². The number of urea groups is 1. The van der Waals surface area contributed by atoms with Gasteiger partial charge < -0.3 is 19.9 Å². The number of aromatic nitrogens is 1. The molecule has 0 radical (unpaired) electrons. The Morgan fingerprint density at radius 3 is 2.89 bits per heavy atom. The predicted molar refractivity (Wildman–Crippen MR) is 108 cm³/mol. The highest BCUT2D eigenvalue weighted by Gasteiger charge is 2.28. The lowest BCUT2D eigenvalue weighted by atomic mass is 10.2. The van der Waals surface area contributed by atoms with Crippen molar-refractivity contribution in [3.63, 3.8) is 0 Å². The molecule has 0 aliphatic carbocycles. The van der Waals surface area contributed by atoms with Gasteiger partial charge in [0.1, 0.15) is 0 Å². The second kappa shape index (κ2) is 9.32. The minimum atomic E-state index is -0.223. The minimum Gasteiger partial charge on any atom is -0.383 e. The molecule has 1 saturated heterocycles. The molecule has 1 aromatic heterocycles. The molecule has 1 aromatic carbocycles. The molecular formula is C21H26N4O3. The molecule has 0 saturated carbocycles. The van der Waals surface area contributed by atoms with Gasteiger partial charge in [0.2, 0.25) is 5.91 Å². The van der Waals surface area contributed by atoms with Crippen LogP contribution in [0.3, 0.4) is 0 Å². The van der Waals surface area contributed by atoms with Gasteiger partial charge in [-0.1, -0.05) is 12.1 Å². The highest BCUT2D eigenvalue weighted by Crippen LogP contribution is 2.28. The van der Waals surface area contributed by atoms with E-state index in [1.807, 2.05) is 43.3 Å². The van der Waals surface area contributed by atoms with E-state index in [0.717, 1.165) is 17.7 Å². The standard InChI is InChI=1S/C21H26N4O3/c1-16-8-9-20(26)25(16)19-7-3-6-18(13-19)23-21(27)24(11-12-28-2)15-17-5-4-10-22-14-17/h3-7,10,13-14,16H,8-9,11-12,15H2,1-2H3,(H,23,27)/t16-/m1/s1. The first-order valence-corrected chi connectivity index (χ1v) is 9.44. The van der Waals surface area contributed by atoms with Crippen molar-refractivity contribution in [3.05, 3.63) is 54.4 Å². The number of methoxy groups -OCH3 is 1. The summed E-state index contributed by atoms with van der Waals surface area (Å²) in [5.74, 6) is 0.120. The highest BCUT2D eigenvalue weighted by atomic mass is 16.5. The lowest BCUT2D eigenvalue weighted by Crippen LogP contribution is -2.37. The molecule has 1 atom stereocenters. The SMILES string of the molecule is COCCN(Cc1cccnc1)C(=O)Nc1cccc(N2C(=O)CC[C@H]2C)c1. The summed E-state index contributed by atoms with van der Waals surface area (Å²) in [7, 11) is 1.61. The Labute approximate surface area is 165 Å². The predicted octanol–water partition coefficient (Wildman–Crippen LogP) is 3.28. The molecule has 148 valence electrons. The van der Waals surface area contributed by atoms with Crippen LogP contribution < -0.4 is 10.2 Å². The van der Waals surface area contributed by atoms with Crippen LogP contribution in [-0.4, -0.2) is 48.1 Å². The van der Waals surface area contributed by atoms with Gasteiger partial charge >= 0.3 is 6.03 Å². The molecule has 28 heavy (non-hydrogen) atoms. The number of benzene rings is 1. The first-order chi connectivity index (χ1) is 13.6. The first kappa shape index (κ1) is 19.8. The number of hydrogen-bond acceptors (Lipinski definition) is 4. The molecule has 0 unspecified atom stereocenters. The molecule has 7 nitrogen and oxygen atoms in total.